The highest BCUT2D eigenvalue weighted by molar-refractivity contribution is 7.92. The van der Waals surface area contributed by atoms with Crippen LogP contribution in [-0.2, 0) is 10.0 Å². The van der Waals surface area contributed by atoms with Crippen LogP contribution in [0, 0.1) is 12.9 Å². The van der Waals surface area contributed by atoms with Crippen LogP contribution < -0.4 is 4.72 Å². The Morgan fingerprint density at radius 2 is 2.00 bits per heavy atom. The van der Waals surface area contributed by atoms with Crippen LogP contribution in [0.15, 0.2) is 41.3 Å². The number of pyridine rings is 1. The minimum Gasteiger partial charge on any atom is -0.263 e. The average Bonchev–Trinajstić information content (AvgIpc) is 2.27. The maximum absolute atomic E-state index is 12.9. The van der Waals surface area contributed by atoms with Crippen LogP contribution in [0.1, 0.15) is 5.56 Å². The number of hydrogen-bond acceptors (Lipinski definition) is 3. The number of halogens is 2. The fourth-order valence-electron chi connectivity index (χ4n) is 1.57. The van der Waals surface area contributed by atoms with E-state index in [1.54, 1.807) is 6.92 Å². The third kappa shape index (κ3) is 3.21. The number of hydrogen-bond donors (Lipinski definition) is 1. The van der Waals surface area contributed by atoms with Crippen molar-refractivity contribution in [1.82, 2.24) is 4.98 Å². The largest absolute Gasteiger partial charge is 0.263 e. The summed E-state index contributed by atoms with van der Waals surface area (Å²) in [5.41, 5.74) is 0.497. The molecule has 7 heteroatoms. The van der Waals surface area contributed by atoms with E-state index in [9.17, 15) is 12.8 Å². The SMILES string of the molecule is Cc1cc(Cl)ccc1S(=O)(=O)Nc1cccc(F)n1. The highest BCUT2D eigenvalue weighted by Crippen LogP contribution is 2.21. The highest BCUT2D eigenvalue weighted by Gasteiger charge is 2.17. The summed E-state index contributed by atoms with van der Waals surface area (Å²) in [5.74, 6) is -0.831. The Morgan fingerprint density at radius 1 is 1.26 bits per heavy atom. The van der Waals surface area contributed by atoms with Crippen LogP contribution in [0.25, 0.3) is 0 Å². The molecule has 0 aliphatic carbocycles. The smallest absolute Gasteiger partial charge is 0.263 e. The molecule has 0 atom stereocenters. The number of aromatic nitrogens is 1. The van der Waals surface area contributed by atoms with E-state index in [2.05, 4.69) is 9.71 Å². The third-order valence-corrected chi connectivity index (χ3v) is 4.13. The average molecular weight is 301 g/mol. The lowest BCUT2D eigenvalue weighted by Crippen LogP contribution is -2.15. The molecule has 2 rings (SSSR count). The van der Waals surface area contributed by atoms with Gasteiger partial charge in [0.1, 0.15) is 5.82 Å². The minimum absolute atomic E-state index is 0.0722. The third-order valence-electron chi connectivity index (χ3n) is 2.38. The van der Waals surface area contributed by atoms with Crippen LogP contribution in [0.2, 0.25) is 5.02 Å². The first-order chi connectivity index (χ1) is 8.88. The van der Waals surface area contributed by atoms with E-state index in [0.29, 0.717) is 10.6 Å². The van der Waals surface area contributed by atoms with Crippen molar-refractivity contribution < 1.29 is 12.8 Å². The Hall–Kier alpha value is -1.66. The maximum Gasteiger partial charge on any atom is 0.263 e. The molecular formula is C12H10ClFN2O2S. The molecule has 0 aliphatic heterocycles. The van der Waals surface area contributed by atoms with Crippen molar-refractivity contribution >= 4 is 27.4 Å². The Kier molecular flexibility index (Phi) is 3.73. The van der Waals surface area contributed by atoms with Crippen molar-refractivity contribution in [3.05, 3.63) is 52.9 Å². The summed E-state index contributed by atoms with van der Waals surface area (Å²) in [6.45, 7) is 1.62. The van der Waals surface area contributed by atoms with Crippen molar-refractivity contribution in [3.63, 3.8) is 0 Å². The Balaban J connectivity index is 2.38. The quantitative estimate of drug-likeness (QED) is 0.887. The second-order valence-corrected chi connectivity index (χ2v) is 5.95. The second kappa shape index (κ2) is 5.14. The zero-order valence-corrected chi connectivity index (χ0v) is 11.5. The number of aryl methyl sites for hydroxylation is 1. The molecule has 0 radical (unpaired) electrons. The van der Waals surface area contributed by atoms with Gasteiger partial charge in [-0.2, -0.15) is 4.39 Å². The number of sulfonamides is 1. The van der Waals surface area contributed by atoms with Gasteiger partial charge in [-0.1, -0.05) is 17.7 Å². The molecular weight excluding hydrogens is 291 g/mol. The first kappa shape index (κ1) is 13.8. The Bertz CT molecular complexity index is 719. The fraction of sp³-hybridized carbons (Fsp3) is 0.0833. The van der Waals surface area contributed by atoms with Crippen molar-refractivity contribution in [2.75, 3.05) is 4.72 Å². The molecule has 0 fully saturated rings. The number of nitrogens with zero attached hydrogens (tertiary/aromatic N) is 1. The molecule has 100 valence electrons. The van der Waals surface area contributed by atoms with Gasteiger partial charge in [0.05, 0.1) is 4.90 Å². The fourth-order valence-corrected chi connectivity index (χ4v) is 3.03. The topological polar surface area (TPSA) is 59.1 Å². The van der Waals surface area contributed by atoms with Crippen LogP contribution >= 0.6 is 11.6 Å². The summed E-state index contributed by atoms with van der Waals surface area (Å²) in [6, 6.07) is 8.27. The summed E-state index contributed by atoms with van der Waals surface area (Å²) in [4.78, 5) is 3.52. The zero-order chi connectivity index (χ0) is 14.0. The molecule has 1 aromatic heterocycles. The van der Waals surface area contributed by atoms with Crippen molar-refractivity contribution in [2.45, 2.75) is 11.8 Å². The summed E-state index contributed by atoms with van der Waals surface area (Å²) in [7, 11) is -3.82. The highest BCUT2D eigenvalue weighted by atomic mass is 35.5. The van der Waals surface area contributed by atoms with Gasteiger partial charge in [-0.05, 0) is 42.8 Å². The molecule has 0 amide bonds. The van der Waals surface area contributed by atoms with E-state index in [4.69, 9.17) is 11.6 Å². The minimum atomic E-state index is -3.82. The molecule has 0 spiro atoms. The molecule has 1 aromatic carbocycles. The van der Waals surface area contributed by atoms with E-state index in [1.165, 1.54) is 30.3 Å². The molecule has 0 aliphatic rings. The molecule has 19 heavy (non-hydrogen) atoms. The lowest BCUT2D eigenvalue weighted by Gasteiger charge is -2.09. The van der Waals surface area contributed by atoms with Gasteiger partial charge in [-0.15, -0.1) is 0 Å². The predicted octanol–water partition coefficient (Wildman–Crippen LogP) is 2.98. The van der Waals surface area contributed by atoms with Crippen LogP contribution in [0.3, 0.4) is 0 Å². The van der Waals surface area contributed by atoms with E-state index in [0.717, 1.165) is 6.07 Å². The van der Waals surface area contributed by atoms with Gasteiger partial charge in [0.15, 0.2) is 0 Å². The molecule has 0 unspecified atom stereocenters. The molecule has 0 bridgehead atoms. The standard InChI is InChI=1S/C12H10ClFN2O2S/c1-8-7-9(13)5-6-10(8)19(17,18)16-12-4-2-3-11(14)15-12/h2-7H,1H3,(H,15,16). The van der Waals surface area contributed by atoms with E-state index in [-0.39, 0.29) is 10.7 Å². The number of anilines is 1. The molecule has 1 N–H and O–H groups in total. The van der Waals surface area contributed by atoms with Gasteiger partial charge in [0.2, 0.25) is 5.95 Å². The summed E-state index contributed by atoms with van der Waals surface area (Å²) < 4.78 is 39.4. The lowest BCUT2D eigenvalue weighted by atomic mass is 10.2. The van der Waals surface area contributed by atoms with Crippen LogP contribution in [0.4, 0.5) is 10.2 Å². The van der Waals surface area contributed by atoms with Crippen LogP contribution in [-0.4, -0.2) is 13.4 Å². The number of rotatable bonds is 3. The number of nitrogens with one attached hydrogen (secondary N) is 1. The molecule has 4 nitrogen and oxygen atoms in total. The van der Waals surface area contributed by atoms with E-state index < -0.39 is 16.0 Å². The van der Waals surface area contributed by atoms with Crippen molar-refractivity contribution in [1.29, 1.82) is 0 Å². The first-order valence-corrected chi connectivity index (χ1v) is 7.16. The van der Waals surface area contributed by atoms with Gasteiger partial charge in [0, 0.05) is 5.02 Å². The van der Waals surface area contributed by atoms with Gasteiger partial charge in [0.25, 0.3) is 10.0 Å². The summed E-state index contributed by atoms with van der Waals surface area (Å²) in [6.07, 6.45) is 0. The lowest BCUT2D eigenvalue weighted by molar-refractivity contribution is 0.584. The van der Waals surface area contributed by atoms with E-state index in [1.807, 2.05) is 0 Å². The second-order valence-electron chi connectivity index (χ2n) is 3.86. The van der Waals surface area contributed by atoms with Gasteiger partial charge in [-0.25, -0.2) is 13.4 Å². The predicted molar refractivity (Wildman–Crippen MR) is 71.2 cm³/mol. The normalized spacial score (nSPS) is 11.3. The summed E-state index contributed by atoms with van der Waals surface area (Å²) in [5, 5.41) is 0.445. The molecule has 1 heterocycles. The van der Waals surface area contributed by atoms with Gasteiger partial charge >= 0.3 is 0 Å². The Morgan fingerprint density at radius 3 is 2.63 bits per heavy atom. The van der Waals surface area contributed by atoms with Crippen LogP contribution in [0.5, 0.6) is 0 Å². The van der Waals surface area contributed by atoms with E-state index >= 15 is 0 Å². The zero-order valence-electron chi connectivity index (χ0n) is 9.89. The monoisotopic (exact) mass is 300 g/mol. The Labute approximate surface area is 115 Å². The molecule has 0 saturated carbocycles. The van der Waals surface area contributed by atoms with Gasteiger partial charge in [-0.3, -0.25) is 4.72 Å². The maximum atomic E-state index is 12.9. The van der Waals surface area contributed by atoms with Crippen molar-refractivity contribution in [3.8, 4) is 0 Å². The number of benzene rings is 1. The first-order valence-electron chi connectivity index (χ1n) is 5.30. The summed E-state index contributed by atoms with van der Waals surface area (Å²) >= 11 is 5.77. The van der Waals surface area contributed by atoms with Crippen molar-refractivity contribution in [2.24, 2.45) is 0 Å². The molecule has 0 saturated heterocycles. The molecule has 2 aromatic rings. The van der Waals surface area contributed by atoms with Gasteiger partial charge < -0.3 is 0 Å².